The van der Waals surface area contributed by atoms with Gasteiger partial charge in [-0.15, -0.1) is 16.1 Å². The molecule has 2 N–H and O–H groups in total. The molecule has 0 radical (unpaired) electrons. The van der Waals surface area contributed by atoms with Crippen molar-refractivity contribution in [3.63, 3.8) is 0 Å². The van der Waals surface area contributed by atoms with Crippen molar-refractivity contribution >= 4 is 27.5 Å². The summed E-state index contributed by atoms with van der Waals surface area (Å²) in [6.07, 6.45) is 7.10. The third kappa shape index (κ3) is 4.99. The predicted molar refractivity (Wildman–Crippen MR) is 112 cm³/mol. The van der Waals surface area contributed by atoms with Gasteiger partial charge in [0, 0.05) is 29.4 Å². The van der Waals surface area contributed by atoms with Gasteiger partial charge in [-0.05, 0) is 52.2 Å². The number of aromatic nitrogens is 2. The molecule has 7 heteroatoms. The van der Waals surface area contributed by atoms with Crippen LogP contribution in [0.3, 0.4) is 0 Å². The number of pyridine rings is 1. The molecule has 3 rings (SSSR count). The Morgan fingerprint density at radius 3 is 2.96 bits per heavy atom. The third-order valence-corrected chi connectivity index (χ3v) is 6.90. The topological polar surface area (TPSA) is 66.9 Å². The van der Waals surface area contributed by atoms with Crippen molar-refractivity contribution in [3.05, 3.63) is 41.1 Å². The number of nitrogens with zero attached hydrogens (tertiary/aromatic N) is 2. The summed E-state index contributed by atoms with van der Waals surface area (Å²) in [7, 11) is -1.30. The second-order valence-electron chi connectivity index (χ2n) is 6.91. The molecule has 0 aliphatic heterocycles. The molecule has 0 saturated heterocycles. The third-order valence-electron chi connectivity index (χ3n) is 4.54. The van der Waals surface area contributed by atoms with Crippen LogP contribution in [0.25, 0.3) is 11.3 Å². The van der Waals surface area contributed by atoms with E-state index >= 15 is 0 Å². The highest BCUT2D eigenvalue weighted by atomic mass is 32.2. The van der Waals surface area contributed by atoms with Gasteiger partial charge in [-0.1, -0.05) is 15.9 Å². The first kappa shape index (κ1) is 19.2. The molecule has 0 aromatic carbocycles. The Kier molecular flexibility index (Phi) is 6.56. The zero-order valence-corrected chi connectivity index (χ0v) is 17.2. The number of thiol groups is 1. The lowest BCUT2D eigenvalue weighted by atomic mass is 9.96. The van der Waals surface area contributed by atoms with Crippen LogP contribution in [0, 0.1) is 6.92 Å². The minimum Gasteiger partial charge on any atom is -0.358 e. The predicted octanol–water partition coefficient (Wildman–Crippen LogP) is 4.01. The van der Waals surface area contributed by atoms with Gasteiger partial charge in [0.05, 0.1) is 11.7 Å². The molecule has 0 amide bonds. The van der Waals surface area contributed by atoms with Gasteiger partial charge in [-0.3, -0.25) is 4.98 Å². The Morgan fingerprint density at radius 2 is 2.27 bits per heavy atom. The van der Waals surface area contributed by atoms with E-state index in [1.807, 2.05) is 26.8 Å². The van der Waals surface area contributed by atoms with E-state index in [2.05, 4.69) is 37.5 Å². The number of hydrogen-bond donors (Lipinski definition) is 2. The Bertz CT molecular complexity index is 800. The molecule has 2 aromatic rings. The Hall–Kier alpha value is -1.57. The maximum absolute atomic E-state index is 11.9. The number of rotatable bonds is 7. The monoisotopic (exact) mass is 391 g/mol. The van der Waals surface area contributed by atoms with Gasteiger partial charge in [0.1, 0.15) is 16.2 Å². The van der Waals surface area contributed by atoms with E-state index in [1.165, 1.54) is 5.57 Å². The maximum Gasteiger partial charge on any atom is 0.183 e. The van der Waals surface area contributed by atoms with Crippen LogP contribution >= 0.6 is 11.3 Å². The van der Waals surface area contributed by atoms with Gasteiger partial charge in [-0.25, -0.2) is 4.98 Å². The highest BCUT2D eigenvalue weighted by Crippen LogP contribution is 2.27. The van der Waals surface area contributed by atoms with Gasteiger partial charge in [0.15, 0.2) is 5.13 Å². The van der Waals surface area contributed by atoms with Crippen LogP contribution in [0.5, 0.6) is 0 Å². The normalized spacial score (nSPS) is 18.6. The fourth-order valence-corrected chi connectivity index (χ4v) is 4.52. The number of aryl methyl sites for hydroxylation is 1. The molecular weight excluding hydrogens is 364 g/mol. The van der Waals surface area contributed by atoms with Crippen molar-refractivity contribution in [1.82, 2.24) is 14.7 Å². The van der Waals surface area contributed by atoms with Crippen LogP contribution in [0.1, 0.15) is 38.8 Å². The zero-order valence-electron chi connectivity index (χ0n) is 15.5. The minimum absolute atomic E-state index is 0.194. The van der Waals surface area contributed by atoms with E-state index in [-0.39, 0.29) is 5.25 Å². The highest BCUT2D eigenvalue weighted by molar-refractivity contribution is 7.83. The molecular formula is C19H27N4OS2+. The van der Waals surface area contributed by atoms with E-state index in [9.17, 15) is 4.21 Å². The van der Waals surface area contributed by atoms with Crippen molar-refractivity contribution in [2.75, 3.05) is 11.9 Å². The first-order valence-electron chi connectivity index (χ1n) is 9.04. The molecule has 0 spiro atoms. The summed E-state index contributed by atoms with van der Waals surface area (Å²) < 4.78 is 15.2. The number of thiazole rings is 1. The van der Waals surface area contributed by atoms with Gasteiger partial charge in [-0.2, -0.15) is 0 Å². The fraction of sp³-hybridized carbons (Fsp3) is 0.474. The molecule has 1 aliphatic rings. The van der Waals surface area contributed by atoms with Crippen molar-refractivity contribution < 1.29 is 4.21 Å². The molecule has 0 fully saturated rings. The summed E-state index contributed by atoms with van der Waals surface area (Å²) in [5.74, 6) is 0. The van der Waals surface area contributed by atoms with Crippen LogP contribution in [-0.4, -0.2) is 27.8 Å². The maximum atomic E-state index is 11.9. The van der Waals surface area contributed by atoms with Gasteiger partial charge in [0.2, 0.25) is 0 Å². The van der Waals surface area contributed by atoms with E-state index < -0.39 is 11.0 Å². The van der Waals surface area contributed by atoms with E-state index in [0.29, 0.717) is 6.04 Å². The molecule has 2 aromatic heterocycles. The minimum atomic E-state index is -1.30. The summed E-state index contributed by atoms with van der Waals surface area (Å²) in [5, 5.41) is 6.64. The fourth-order valence-electron chi connectivity index (χ4n) is 2.92. The standard InChI is InChI=1S/C19H26N4OS2/c1-13(2)26(24)23-16-8-6-15(7-9-16)11-21-19-22-18(12-25-19)17-5-4-10-20-14(17)3/h4-6,10,12-13,16H,7-9,11H2,1-3H3,(H,21,22)(H,23,24)/p+1/t16-,26?/m0/s1. The lowest BCUT2D eigenvalue weighted by Gasteiger charge is -2.21. The van der Waals surface area contributed by atoms with Crippen LogP contribution in [0.2, 0.25) is 0 Å². The number of anilines is 1. The van der Waals surface area contributed by atoms with Crippen LogP contribution in [0.4, 0.5) is 5.13 Å². The molecule has 2 heterocycles. The van der Waals surface area contributed by atoms with E-state index in [4.69, 9.17) is 0 Å². The quantitative estimate of drug-likeness (QED) is 0.425. The largest absolute Gasteiger partial charge is 0.358 e. The second kappa shape index (κ2) is 8.88. The Labute approximate surface area is 161 Å². The summed E-state index contributed by atoms with van der Waals surface area (Å²) in [5.41, 5.74) is 4.46. The highest BCUT2D eigenvalue weighted by Gasteiger charge is 2.21. The smallest absolute Gasteiger partial charge is 0.183 e. The van der Waals surface area contributed by atoms with Gasteiger partial charge >= 0.3 is 0 Å². The van der Waals surface area contributed by atoms with Crippen LogP contribution in [-0.2, 0) is 15.2 Å². The molecule has 1 unspecified atom stereocenters. The van der Waals surface area contributed by atoms with Crippen molar-refractivity contribution in [2.24, 2.45) is 0 Å². The molecule has 2 atom stereocenters. The summed E-state index contributed by atoms with van der Waals surface area (Å²) in [6.45, 7) is 6.82. The van der Waals surface area contributed by atoms with Crippen LogP contribution in [0.15, 0.2) is 35.4 Å². The first-order valence-corrected chi connectivity index (χ1v) is 11.3. The number of hydrogen-bond acceptors (Lipinski definition) is 5. The lowest BCUT2D eigenvalue weighted by Crippen LogP contribution is -2.35. The average molecular weight is 392 g/mol. The lowest BCUT2D eigenvalue weighted by molar-refractivity contribution is 0.525. The molecule has 0 saturated carbocycles. The van der Waals surface area contributed by atoms with Crippen molar-refractivity contribution in [1.29, 1.82) is 0 Å². The second-order valence-corrected chi connectivity index (χ2v) is 9.71. The van der Waals surface area contributed by atoms with Crippen molar-refractivity contribution in [2.45, 2.75) is 51.3 Å². The summed E-state index contributed by atoms with van der Waals surface area (Å²) >= 11 is 1.63. The van der Waals surface area contributed by atoms with Crippen LogP contribution < -0.4 is 10.0 Å². The molecule has 5 nitrogen and oxygen atoms in total. The molecule has 0 bridgehead atoms. The van der Waals surface area contributed by atoms with Crippen molar-refractivity contribution in [3.8, 4) is 11.3 Å². The first-order chi connectivity index (χ1) is 12.5. The van der Waals surface area contributed by atoms with E-state index in [0.717, 1.165) is 47.9 Å². The molecule has 140 valence electrons. The Morgan fingerprint density at radius 1 is 1.42 bits per heavy atom. The molecule has 26 heavy (non-hydrogen) atoms. The SMILES string of the molecule is Cc1ncccc1-c1csc(NCC2=CC[C@H](N[SH+](=O)C(C)C)CC2)n1. The summed E-state index contributed by atoms with van der Waals surface area (Å²) in [4.78, 5) is 9.02. The van der Waals surface area contributed by atoms with Gasteiger partial charge in [0.25, 0.3) is 0 Å². The Balaban J connectivity index is 1.52. The van der Waals surface area contributed by atoms with Gasteiger partial charge < -0.3 is 5.32 Å². The zero-order chi connectivity index (χ0) is 18.5. The van der Waals surface area contributed by atoms with E-state index in [1.54, 1.807) is 17.5 Å². The molecule has 1 aliphatic carbocycles. The number of nitrogens with one attached hydrogen (secondary N) is 2. The summed E-state index contributed by atoms with van der Waals surface area (Å²) in [6, 6.07) is 4.34. The average Bonchev–Trinajstić information content (AvgIpc) is 3.10.